The molecule has 1 aromatic heterocycles. The van der Waals surface area contributed by atoms with Gasteiger partial charge in [0.2, 0.25) is 0 Å². The van der Waals surface area contributed by atoms with Crippen molar-refractivity contribution in [3.8, 4) is 6.07 Å². The number of hydrogen-bond donors (Lipinski definition) is 0. The van der Waals surface area contributed by atoms with E-state index in [0.717, 1.165) is 25.3 Å². The molecule has 0 atom stereocenters. The van der Waals surface area contributed by atoms with Gasteiger partial charge in [0.15, 0.2) is 0 Å². The molecule has 0 aromatic carbocycles. The summed E-state index contributed by atoms with van der Waals surface area (Å²) in [6.45, 7) is 8.69. The molecule has 92 valence electrons. The van der Waals surface area contributed by atoms with Gasteiger partial charge in [0.05, 0.1) is 5.56 Å². The van der Waals surface area contributed by atoms with Crippen LogP contribution in [0.4, 0.5) is 5.82 Å². The molecule has 1 heterocycles. The van der Waals surface area contributed by atoms with Gasteiger partial charge >= 0.3 is 0 Å². The number of pyridine rings is 1. The van der Waals surface area contributed by atoms with E-state index in [0.29, 0.717) is 11.5 Å². The smallest absolute Gasteiger partial charge is 0.128 e. The van der Waals surface area contributed by atoms with Gasteiger partial charge in [-0.25, -0.2) is 4.98 Å². The summed E-state index contributed by atoms with van der Waals surface area (Å²) in [6.07, 6.45) is 3.93. The van der Waals surface area contributed by atoms with E-state index < -0.39 is 0 Å². The third-order valence-electron chi connectivity index (χ3n) is 2.67. The van der Waals surface area contributed by atoms with Gasteiger partial charge in [0.1, 0.15) is 11.9 Å². The lowest BCUT2D eigenvalue weighted by Crippen LogP contribution is -2.27. The van der Waals surface area contributed by atoms with Crippen LogP contribution in [0.15, 0.2) is 18.3 Å². The summed E-state index contributed by atoms with van der Waals surface area (Å²) in [4.78, 5) is 6.64. The molecule has 0 unspecified atom stereocenters. The fraction of sp³-hybridized carbons (Fsp3) is 0.571. The topological polar surface area (TPSA) is 39.9 Å². The number of hydrogen-bond acceptors (Lipinski definition) is 3. The zero-order valence-corrected chi connectivity index (χ0v) is 11.0. The number of anilines is 1. The molecule has 3 heteroatoms. The van der Waals surface area contributed by atoms with E-state index in [4.69, 9.17) is 5.26 Å². The highest BCUT2D eigenvalue weighted by atomic mass is 15.2. The minimum absolute atomic E-state index is 0.619. The Balaban J connectivity index is 2.71. The van der Waals surface area contributed by atoms with Crippen LogP contribution in [0.3, 0.4) is 0 Å². The number of rotatable bonds is 6. The van der Waals surface area contributed by atoms with E-state index in [9.17, 15) is 0 Å². The Morgan fingerprint density at radius 3 is 2.59 bits per heavy atom. The fourth-order valence-corrected chi connectivity index (χ4v) is 1.66. The molecule has 1 aromatic rings. The maximum atomic E-state index is 8.74. The molecule has 0 N–H and O–H groups in total. The Morgan fingerprint density at radius 1 is 1.35 bits per heavy atom. The Hall–Kier alpha value is -1.56. The average molecular weight is 231 g/mol. The molecular weight excluding hydrogens is 210 g/mol. The normalized spacial score (nSPS) is 10.3. The molecular formula is C14H21N3. The summed E-state index contributed by atoms with van der Waals surface area (Å²) in [6, 6.07) is 5.87. The van der Waals surface area contributed by atoms with Crippen molar-refractivity contribution >= 4 is 5.82 Å². The van der Waals surface area contributed by atoms with Gasteiger partial charge in [-0.2, -0.15) is 5.26 Å². The molecule has 0 bridgehead atoms. The molecule has 1 rings (SSSR count). The molecule has 0 fully saturated rings. The highest BCUT2D eigenvalue weighted by Crippen LogP contribution is 2.13. The molecule has 0 aliphatic heterocycles. The van der Waals surface area contributed by atoms with E-state index in [2.05, 4.69) is 36.7 Å². The predicted molar refractivity (Wildman–Crippen MR) is 70.9 cm³/mol. The lowest BCUT2D eigenvalue weighted by atomic mass is 10.1. The first-order chi connectivity index (χ1) is 8.17. The number of nitrogens with zero attached hydrogens (tertiary/aromatic N) is 3. The monoisotopic (exact) mass is 231 g/mol. The first-order valence-corrected chi connectivity index (χ1v) is 6.28. The Bertz CT molecular complexity index is 362. The second-order valence-corrected chi connectivity index (χ2v) is 4.69. The summed E-state index contributed by atoms with van der Waals surface area (Å²) in [5, 5.41) is 8.74. The van der Waals surface area contributed by atoms with Crippen LogP contribution in [0, 0.1) is 17.2 Å². The minimum atomic E-state index is 0.619. The Morgan fingerprint density at radius 2 is 2.12 bits per heavy atom. The standard InChI is InChI=1S/C14H21N3/c1-4-8-17(9-7-12(2)3)14-6-5-13(10-15)11-16-14/h5-6,11-12H,4,7-9H2,1-3H3. The van der Waals surface area contributed by atoms with Gasteiger partial charge < -0.3 is 4.90 Å². The van der Waals surface area contributed by atoms with Crippen LogP contribution in [0.1, 0.15) is 39.2 Å². The maximum Gasteiger partial charge on any atom is 0.128 e. The minimum Gasteiger partial charge on any atom is -0.357 e. The third kappa shape index (κ3) is 4.44. The van der Waals surface area contributed by atoms with Crippen molar-refractivity contribution in [3.05, 3.63) is 23.9 Å². The lowest BCUT2D eigenvalue weighted by Gasteiger charge is -2.24. The first-order valence-electron chi connectivity index (χ1n) is 6.28. The number of aromatic nitrogens is 1. The van der Waals surface area contributed by atoms with Gasteiger partial charge in [0.25, 0.3) is 0 Å². The summed E-state index contributed by atoms with van der Waals surface area (Å²) < 4.78 is 0. The Labute approximate surface area is 104 Å². The largest absolute Gasteiger partial charge is 0.357 e. The molecule has 0 radical (unpaired) electrons. The quantitative estimate of drug-likeness (QED) is 0.754. The first kappa shape index (κ1) is 13.5. The van der Waals surface area contributed by atoms with E-state index >= 15 is 0 Å². The van der Waals surface area contributed by atoms with Crippen molar-refractivity contribution in [2.45, 2.75) is 33.6 Å². The van der Waals surface area contributed by atoms with Crippen molar-refractivity contribution in [2.75, 3.05) is 18.0 Å². The summed E-state index contributed by atoms with van der Waals surface area (Å²) in [5.41, 5.74) is 0.619. The van der Waals surface area contributed by atoms with E-state index in [1.165, 1.54) is 6.42 Å². The Kier molecular flexibility index (Phi) is 5.48. The maximum absolute atomic E-state index is 8.74. The zero-order valence-electron chi connectivity index (χ0n) is 11.0. The van der Waals surface area contributed by atoms with Crippen molar-refractivity contribution in [3.63, 3.8) is 0 Å². The lowest BCUT2D eigenvalue weighted by molar-refractivity contribution is 0.568. The molecule has 0 aliphatic carbocycles. The van der Waals surface area contributed by atoms with Crippen molar-refractivity contribution in [2.24, 2.45) is 5.92 Å². The van der Waals surface area contributed by atoms with Crippen LogP contribution < -0.4 is 4.90 Å². The van der Waals surface area contributed by atoms with Gasteiger partial charge in [-0.15, -0.1) is 0 Å². The van der Waals surface area contributed by atoms with E-state index in [1.54, 1.807) is 6.20 Å². The van der Waals surface area contributed by atoms with Crippen LogP contribution in [0.5, 0.6) is 0 Å². The van der Waals surface area contributed by atoms with Gasteiger partial charge in [-0.3, -0.25) is 0 Å². The predicted octanol–water partition coefficient (Wildman–Crippen LogP) is 3.22. The van der Waals surface area contributed by atoms with E-state index in [1.807, 2.05) is 12.1 Å². The SMILES string of the molecule is CCCN(CCC(C)C)c1ccc(C#N)cn1. The average Bonchev–Trinajstić information content (AvgIpc) is 2.34. The molecule has 0 spiro atoms. The molecule has 0 aliphatic rings. The van der Waals surface area contributed by atoms with Crippen LogP contribution in [-0.4, -0.2) is 18.1 Å². The summed E-state index contributed by atoms with van der Waals surface area (Å²) in [7, 11) is 0. The molecule has 3 nitrogen and oxygen atoms in total. The molecule has 17 heavy (non-hydrogen) atoms. The van der Waals surface area contributed by atoms with Gasteiger partial charge in [-0.1, -0.05) is 20.8 Å². The van der Waals surface area contributed by atoms with Crippen molar-refractivity contribution < 1.29 is 0 Å². The van der Waals surface area contributed by atoms with Gasteiger partial charge in [0, 0.05) is 19.3 Å². The van der Waals surface area contributed by atoms with Crippen LogP contribution >= 0.6 is 0 Å². The van der Waals surface area contributed by atoms with Crippen LogP contribution in [-0.2, 0) is 0 Å². The van der Waals surface area contributed by atoms with Gasteiger partial charge in [-0.05, 0) is 30.9 Å². The second kappa shape index (κ2) is 6.90. The zero-order chi connectivity index (χ0) is 12.7. The second-order valence-electron chi connectivity index (χ2n) is 4.69. The summed E-state index contributed by atoms with van der Waals surface area (Å²) in [5.74, 6) is 1.68. The van der Waals surface area contributed by atoms with Crippen molar-refractivity contribution in [1.82, 2.24) is 4.98 Å². The summed E-state index contributed by atoms with van der Waals surface area (Å²) >= 11 is 0. The highest BCUT2D eigenvalue weighted by Gasteiger charge is 2.07. The molecule has 0 amide bonds. The van der Waals surface area contributed by atoms with Crippen LogP contribution in [0.2, 0.25) is 0 Å². The highest BCUT2D eigenvalue weighted by molar-refractivity contribution is 5.41. The van der Waals surface area contributed by atoms with E-state index in [-0.39, 0.29) is 0 Å². The van der Waals surface area contributed by atoms with Crippen molar-refractivity contribution in [1.29, 1.82) is 5.26 Å². The fourth-order valence-electron chi connectivity index (χ4n) is 1.66. The molecule has 0 saturated heterocycles. The number of nitriles is 1. The third-order valence-corrected chi connectivity index (χ3v) is 2.67. The molecule has 0 saturated carbocycles. The van der Waals surface area contributed by atoms with Crippen LogP contribution in [0.25, 0.3) is 0 Å².